The van der Waals surface area contributed by atoms with E-state index in [0.717, 1.165) is 35.0 Å². The molecule has 0 fully saturated rings. The summed E-state index contributed by atoms with van der Waals surface area (Å²) in [6.07, 6.45) is 5.88. The van der Waals surface area contributed by atoms with Crippen LogP contribution in [0.3, 0.4) is 0 Å². The monoisotopic (exact) mass is 336 g/mol. The van der Waals surface area contributed by atoms with Crippen LogP contribution in [0.5, 0.6) is 0 Å². The van der Waals surface area contributed by atoms with Gasteiger partial charge in [-0.25, -0.2) is 9.59 Å². The van der Waals surface area contributed by atoms with E-state index in [1.54, 1.807) is 0 Å². The molecule has 0 bridgehead atoms. The summed E-state index contributed by atoms with van der Waals surface area (Å²) in [5.74, 6) is 0.104. The second kappa shape index (κ2) is 8.45. The maximum absolute atomic E-state index is 11.7. The molecule has 24 heavy (non-hydrogen) atoms. The van der Waals surface area contributed by atoms with Crippen LogP contribution in [-0.4, -0.2) is 54.7 Å². The van der Waals surface area contributed by atoms with Gasteiger partial charge in [-0.3, -0.25) is 0 Å². The molecule has 0 saturated carbocycles. The first-order valence-electron chi connectivity index (χ1n) is 7.47. The first kappa shape index (κ1) is 17.2. The van der Waals surface area contributed by atoms with E-state index in [-0.39, 0.29) is 11.9 Å². The number of nitrogens with two attached hydrogens (primary N) is 2. The van der Waals surface area contributed by atoms with Crippen LogP contribution in [0.15, 0.2) is 12.7 Å². The minimum absolute atomic E-state index is 0.0521. The lowest BCUT2D eigenvalue weighted by atomic mass is 10.2. The molecule has 2 rings (SSSR count). The number of unbranched alkanes of at least 4 members (excludes halogenated alkanes) is 3. The number of anilines is 2. The van der Waals surface area contributed by atoms with Crippen LogP contribution in [0.25, 0.3) is 0 Å². The van der Waals surface area contributed by atoms with Crippen molar-refractivity contribution in [2.75, 3.05) is 24.6 Å². The van der Waals surface area contributed by atoms with Gasteiger partial charge < -0.3 is 22.1 Å². The van der Waals surface area contributed by atoms with Crippen LogP contribution in [0, 0.1) is 0 Å². The number of nitrogen functional groups attached to an aromatic ring is 2. The van der Waals surface area contributed by atoms with Crippen molar-refractivity contribution in [3.05, 3.63) is 12.7 Å². The number of aromatic nitrogens is 6. The topological polar surface area (TPSA) is 172 Å². The van der Waals surface area contributed by atoms with Crippen LogP contribution in [0.2, 0.25) is 0 Å². The normalized spacial score (nSPS) is 10.5. The second-order valence-electron chi connectivity index (χ2n) is 4.94. The number of carbonyl (C=O) groups is 2. The Hall–Kier alpha value is -3.18. The van der Waals surface area contributed by atoms with Gasteiger partial charge in [0.25, 0.3) is 0 Å². The van der Waals surface area contributed by atoms with Gasteiger partial charge in [-0.2, -0.15) is 9.97 Å². The lowest BCUT2D eigenvalue weighted by molar-refractivity contribution is 0.238. The van der Waals surface area contributed by atoms with E-state index in [0.29, 0.717) is 13.1 Å². The van der Waals surface area contributed by atoms with Crippen molar-refractivity contribution in [2.24, 2.45) is 0 Å². The predicted molar refractivity (Wildman–Crippen MR) is 84.9 cm³/mol. The predicted octanol–water partition coefficient (Wildman–Crippen LogP) is -0.590. The number of hydrogen-bond acceptors (Lipinski definition) is 8. The highest BCUT2D eigenvalue weighted by Crippen LogP contribution is 1.99. The quantitative estimate of drug-likeness (QED) is 0.486. The summed E-state index contributed by atoms with van der Waals surface area (Å²) in [5.41, 5.74) is 10.9. The van der Waals surface area contributed by atoms with Gasteiger partial charge in [0.15, 0.2) is 0 Å². The number of nitrogens with one attached hydrogen (secondary N) is 2. The summed E-state index contributed by atoms with van der Waals surface area (Å²) in [7, 11) is 0. The fourth-order valence-corrected chi connectivity index (χ4v) is 1.96. The number of rotatable bonds is 7. The van der Waals surface area contributed by atoms with Crippen molar-refractivity contribution in [1.82, 2.24) is 40.2 Å². The highest BCUT2D eigenvalue weighted by molar-refractivity contribution is 5.78. The highest BCUT2D eigenvalue weighted by atomic mass is 16.2. The van der Waals surface area contributed by atoms with Gasteiger partial charge in [0.2, 0.25) is 11.9 Å². The van der Waals surface area contributed by atoms with Gasteiger partial charge in [-0.15, -0.1) is 19.6 Å². The van der Waals surface area contributed by atoms with Crippen molar-refractivity contribution in [3.63, 3.8) is 0 Å². The van der Waals surface area contributed by atoms with Crippen LogP contribution in [0.4, 0.5) is 21.5 Å². The Labute approximate surface area is 137 Å². The SMILES string of the molecule is Nc1ncnn1C(=O)NCCCCCCNC(=O)n1ncnc1N. The number of amides is 2. The third kappa shape index (κ3) is 4.66. The molecule has 2 amide bonds. The summed E-state index contributed by atoms with van der Waals surface area (Å²) >= 11 is 0. The molecule has 0 saturated heterocycles. The van der Waals surface area contributed by atoms with Gasteiger partial charge in [0.1, 0.15) is 12.7 Å². The van der Waals surface area contributed by atoms with Gasteiger partial charge in [0.05, 0.1) is 0 Å². The van der Waals surface area contributed by atoms with E-state index >= 15 is 0 Å². The average molecular weight is 336 g/mol. The summed E-state index contributed by atoms with van der Waals surface area (Å²) in [6.45, 7) is 1.03. The first-order valence-corrected chi connectivity index (χ1v) is 7.47. The van der Waals surface area contributed by atoms with E-state index in [1.807, 2.05) is 0 Å². The smallest absolute Gasteiger partial charge is 0.345 e. The van der Waals surface area contributed by atoms with E-state index in [1.165, 1.54) is 12.7 Å². The summed E-state index contributed by atoms with van der Waals surface area (Å²) < 4.78 is 2.01. The Morgan fingerprint density at radius 2 is 1.25 bits per heavy atom. The molecule has 0 atom stereocenters. The first-order chi connectivity index (χ1) is 11.6. The highest BCUT2D eigenvalue weighted by Gasteiger charge is 2.09. The standard InChI is InChI=1S/C12H20N10O2/c13-9-17-7-19-21(9)11(23)15-5-3-1-2-4-6-16-12(24)22-10(14)18-8-20-22/h7-8H,1-6H2,(H,15,23)(H,16,24)(H2,13,17,19)(H2,14,18,20). The van der Waals surface area contributed by atoms with E-state index in [2.05, 4.69) is 30.8 Å². The van der Waals surface area contributed by atoms with Crippen molar-refractivity contribution < 1.29 is 9.59 Å². The maximum atomic E-state index is 11.7. The van der Waals surface area contributed by atoms with E-state index < -0.39 is 12.1 Å². The minimum atomic E-state index is -0.400. The molecule has 2 aromatic rings. The molecule has 0 spiro atoms. The van der Waals surface area contributed by atoms with Crippen LogP contribution >= 0.6 is 0 Å². The molecule has 130 valence electrons. The van der Waals surface area contributed by atoms with Gasteiger partial charge in [0, 0.05) is 13.1 Å². The molecule has 2 heterocycles. The molecule has 0 aliphatic heterocycles. The van der Waals surface area contributed by atoms with Crippen molar-refractivity contribution in [1.29, 1.82) is 0 Å². The van der Waals surface area contributed by atoms with E-state index in [9.17, 15) is 9.59 Å². The zero-order valence-corrected chi connectivity index (χ0v) is 13.1. The number of nitrogens with zero attached hydrogens (tertiary/aromatic N) is 6. The van der Waals surface area contributed by atoms with Crippen molar-refractivity contribution in [2.45, 2.75) is 25.7 Å². The van der Waals surface area contributed by atoms with Crippen LogP contribution in [-0.2, 0) is 0 Å². The maximum Gasteiger partial charge on any atom is 0.345 e. The van der Waals surface area contributed by atoms with Crippen LogP contribution in [0.1, 0.15) is 25.7 Å². The zero-order valence-electron chi connectivity index (χ0n) is 13.1. The Kier molecular flexibility index (Phi) is 6.05. The van der Waals surface area contributed by atoms with E-state index in [4.69, 9.17) is 11.5 Å². The molecule has 0 aliphatic carbocycles. The molecule has 6 N–H and O–H groups in total. The zero-order chi connectivity index (χ0) is 17.4. The molecule has 0 unspecified atom stereocenters. The molecule has 0 aromatic carbocycles. The molecule has 12 nitrogen and oxygen atoms in total. The average Bonchev–Trinajstić information content (AvgIpc) is 3.17. The number of hydrogen-bond donors (Lipinski definition) is 4. The van der Waals surface area contributed by atoms with Crippen molar-refractivity contribution in [3.8, 4) is 0 Å². The lowest BCUT2D eigenvalue weighted by Crippen LogP contribution is -2.31. The molecule has 2 aromatic heterocycles. The Morgan fingerprint density at radius 1 is 0.833 bits per heavy atom. The molecular formula is C12H20N10O2. The fourth-order valence-electron chi connectivity index (χ4n) is 1.96. The summed E-state index contributed by atoms with van der Waals surface area (Å²) in [6, 6.07) is -0.801. The minimum Gasteiger partial charge on any atom is -0.368 e. The second-order valence-corrected chi connectivity index (χ2v) is 4.94. The Morgan fingerprint density at radius 3 is 1.58 bits per heavy atom. The number of carbonyl (C=O) groups excluding carboxylic acids is 2. The third-order valence-corrected chi connectivity index (χ3v) is 3.19. The third-order valence-electron chi connectivity index (χ3n) is 3.19. The Bertz CT molecular complexity index is 621. The summed E-state index contributed by atoms with van der Waals surface area (Å²) in [5, 5.41) is 12.8. The molecule has 0 radical (unpaired) electrons. The van der Waals surface area contributed by atoms with Gasteiger partial charge in [-0.05, 0) is 12.8 Å². The molecular weight excluding hydrogens is 316 g/mol. The molecule has 0 aliphatic rings. The Balaban J connectivity index is 1.50. The van der Waals surface area contributed by atoms with Crippen molar-refractivity contribution >= 4 is 24.0 Å². The van der Waals surface area contributed by atoms with Gasteiger partial charge >= 0.3 is 12.1 Å². The fraction of sp³-hybridized carbons (Fsp3) is 0.500. The van der Waals surface area contributed by atoms with Crippen LogP contribution < -0.4 is 22.1 Å². The molecule has 12 heteroatoms. The summed E-state index contributed by atoms with van der Waals surface area (Å²) in [4.78, 5) is 30.7. The largest absolute Gasteiger partial charge is 0.368 e. The lowest BCUT2D eigenvalue weighted by Gasteiger charge is -2.06. The van der Waals surface area contributed by atoms with Gasteiger partial charge in [-0.1, -0.05) is 12.8 Å².